The summed E-state index contributed by atoms with van der Waals surface area (Å²) in [5.41, 5.74) is 5.68. The van der Waals surface area contributed by atoms with Gasteiger partial charge in [0.25, 0.3) is 0 Å². The first-order valence-electron chi connectivity index (χ1n) is 6.53. The third-order valence-corrected chi connectivity index (χ3v) is 2.87. The van der Waals surface area contributed by atoms with Gasteiger partial charge in [0, 0.05) is 6.42 Å². The summed E-state index contributed by atoms with van der Waals surface area (Å²) in [6, 6.07) is 3.77. The Morgan fingerprint density at radius 2 is 2.17 bits per heavy atom. The van der Waals surface area contributed by atoms with Crippen LogP contribution in [0.1, 0.15) is 38.2 Å². The molecule has 0 aliphatic rings. The van der Waals surface area contributed by atoms with Crippen molar-refractivity contribution in [1.29, 1.82) is 0 Å². The number of carbonyl (C=O) groups excluding carboxylic acids is 1. The first kappa shape index (κ1) is 14.8. The van der Waals surface area contributed by atoms with Gasteiger partial charge in [0.15, 0.2) is 0 Å². The van der Waals surface area contributed by atoms with Crippen LogP contribution >= 0.6 is 0 Å². The smallest absolute Gasteiger partial charge is 0.220 e. The molecule has 1 unspecified atom stereocenters. The predicted octanol–water partition coefficient (Wildman–Crippen LogP) is 2.22. The van der Waals surface area contributed by atoms with E-state index in [-0.39, 0.29) is 11.8 Å². The molecule has 4 nitrogen and oxygen atoms in total. The average Bonchev–Trinajstić information content (AvgIpc) is 2.71. The number of nitrogens with one attached hydrogen (secondary N) is 1. The van der Waals surface area contributed by atoms with Crippen molar-refractivity contribution >= 4 is 5.91 Å². The molecule has 0 bridgehead atoms. The van der Waals surface area contributed by atoms with E-state index in [1.807, 2.05) is 19.1 Å². The van der Waals surface area contributed by atoms with Gasteiger partial charge >= 0.3 is 0 Å². The van der Waals surface area contributed by atoms with E-state index in [1.54, 1.807) is 0 Å². The standard InChI is InChI=1S/C14H24N2O2/c1-10(2)6-12(8-15)7-14(17)16-9-13-5-4-11(3)18-13/h4-5,10,12H,6-9,15H2,1-3H3,(H,16,17). The molecule has 0 radical (unpaired) electrons. The molecule has 0 saturated heterocycles. The van der Waals surface area contributed by atoms with Crippen LogP contribution in [0.4, 0.5) is 0 Å². The molecule has 0 saturated carbocycles. The normalized spacial score (nSPS) is 12.7. The van der Waals surface area contributed by atoms with E-state index in [2.05, 4.69) is 19.2 Å². The average molecular weight is 252 g/mol. The highest BCUT2D eigenvalue weighted by atomic mass is 16.3. The highest BCUT2D eigenvalue weighted by Crippen LogP contribution is 2.14. The minimum atomic E-state index is 0.0418. The maximum atomic E-state index is 11.8. The first-order valence-corrected chi connectivity index (χ1v) is 6.53. The molecule has 0 fully saturated rings. The van der Waals surface area contributed by atoms with Gasteiger partial charge in [0.2, 0.25) is 5.91 Å². The van der Waals surface area contributed by atoms with Gasteiger partial charge in [-0.05, 0) is 43.9 Å². The monoisotopic (exact) mass is 252 g/mol. The van der Waals surface area contributed by atoms with E-state index in [0.717, 1.165) is 17.9 Å². The largest absolute Gasteiger partial charge is 0.465 e. The summed E-state index contributed by atoms with van der Waals surface area (Å²) < 4.78 is 5.39. The van der Waals surface area contributed by atoms with Crippen molar-refractivity contribution in [2.24, 2.45) is 17.6 Å². The fraction of sp³-hybridized carbons (Fsp3) is 0.643. The molecule has 4 heteroatoms. The van der Waals surface area contributed by atoms with Crippen molar-refractivity contribution in [2.45, 2.75) is 40.2 Å². The minimum absolute atomic E-state index is 0.0418. The number of nitrogens with two attached hydrogens (primary N) is 1. The number of hydrogen-bond acceptors (Lipinski definition) is 3. The van der Waals surface area contributed by atoms with Crippen LogP contribution in [0.3, 0.4) is 0 Å². The highest BCUT2D eigenvalue weighted by Gasteiger charge is 2.14. The summed E-state index contributed by atoms with van der Waals surface area (Å²) in [5.74, 6) is 2.52. The second-order valence-electron chi connectivity index (χ2n) is 5.22. The zero-order valence-corrected chi connectivity index (χ0v) is 11.5. The SMILES string of the molecule is Cc1ccc(CNC(=O)CC(CN)CC(C)C)o1. The van der Waals surface area contributed by atoms with Gasteiger partial charge < -0.3 is 15.5 Å². The molecule has 1 amide bonds. The van der Waals surface area contributed by atoms with Gasteiger partial charge in [-0.25, -0.2) is 0 Å². The molecule has 0 aliphatic carbocycles. The third kappa shape index (κ3) is 5.36. The van der Waals surface area contributed by atoms with Crippen LogP contribution in [0.2, 0.25) is 0 Å². The van der Waals surface area contributed by atoms with E-state index in [4.69, 9.17) is 10.2 Å². The van der Waals surface area contributed by atoms with Gasteiger partial charge in [0.05, 0.1) is 6.54 Å². The fourth-order valence-corrected chi connectivity index (χ4v) is 2.03. The van der Waals surface area contributed by atoms with Crippen molar-refractivity contribution in [3.8, 4) is 0 Å². The predicted molar refractivity (Wildman–Crippen MR) is 71.9 cm³/mol. The van der Waals surface area contributed by atoms with Crippen molar-refractivity contribution in [2.75, 3.05) is 6.54 Å². The van der Waals surface area contributed by atoms with Crippen LogP contribution in [0.15, 0.2) is 16.5 Å². The lowest BCUT2D eigenvalue weighted by Gasteiger charge is -2.16. The molecule has 0 aromatic carbocycles. The van der Waals surface area contributed by atoms with Gasteiger partial charge in [-0.1, -0.05) is 13.8 Å². The van der Waals surface area contributed by atoms with Crippen LogP contribution in [0, 0.1) is 18.8 Å². The Labute approximate surface area is 109 Å². The topological polar surface area (TPSA) is 68.3 Å². The van der Waals surface area contributed by atoms with Crippen molar-refractivity contribution < 1.29 is 9.21 Å². The second kappa shape index (κ2) is 7.21. The molecule has 1 rings (SSSR count). The number of hydrogen-bond donors (Lipinski definition) is 2. The van der Waals surface area contributed by atoms with Crippen LogP contribution in [-0.2, 0) is 11.3 Å². The van der Waals surface area contributed by atoms with E-state index in [9.17, 15) is 4.79 Å². The summed E-state index contributed by atoms with van der Waals surface area (Å²) >= 11 is 0. The van der Waals surface area contributed by atoms with E-state index < -0.39 is 0 Å². The van der Waals surface area contributed by atoms with Gasteiger partial charge in [-0.15, -0.1) is 0 Å². The van der Waals surface area contributed by atoms with E-state index >= 15 is 0 Å². The van der Waals surface area contributed by atoms with E-state index in [0.29, 0.717) is 25.4 Å². The maximum absolute atomic E-state index is 11.8. The zero-order chi connectivity index (χ0) is 13.5. The minimum Gasteiger partial charge on any atom is -0.465 e. The second-order valence-corrected chi connectivity index (χ2v) is 5.22. The summed E-state index contributed by atoms with van der Waals surface area (Å²) in [4.78, 5) is 11.8. The lowest BCUT2D eigenvalue weighted by Crippen LogP contribution is -2.28. The number of aryl methyl sites for hydroxylation is 1. The number of amides is 1. The van der Waals surface area contributed by atoms with Crippen LogP contribution in [0.5, 0.6) is 0 Å². The van der Waals surface area contributed by atoms with Gasteiger partial charge in [0.1, 0.15) is 11.5 Å². The highest BCUT2D eigenvalue weighted by molar-refractivity contribution is 5.76. The molecule has 1 aromatic heterocycles. The number of carbonyl (C=O) groups is 1. The van der Waals surface area contributed by atoms with Gasteiger partial charge in [-0.2, -0.15) is 0 Å². The van der Waals surface area contributed by atoms with Crippen LogP contribution < -0.4 is 11.1 Å². The van der Waals surface area contributed by atoms with Crippen LogP contribution in [-0.4, -0.2) is 12.5 Å². The molecule has 1 heterocycles. The number of rotatable bonds is 7. The van der Waals surface area contributed by atoms with Gasteiger partial charge in [-0.3, -0.25) is 4.79 Å². The Kier molecular flexibility index (Phi) is 5.92. The van der Waals surface area contributed by atoms with Crippen molar-refractivity contribution in [3.05, 3.63) is 23.7 Å². The molecule has 18 heavy (non-hydrogen) atoms. The Hall–Kier alpha value is -1.29. The summed E-state index contributed by atoms with van der Waals surface area (Å²) in [7, 11) is 0. The molecule has 0 aliphatic heterocycles. The Morgan fingerprint density at radius 1 is 1.44 bits per heavy atom. The summed E-state index contributed by atoms with van der Waals surface area (Å²) in [6.45, 7) is 7.19. The van der Waals surface area contributed by atoms with Crippen LogP contribution in [0.25, 0.3) is 0 Å². The molecular formula is C14H24N2O2. The lowest BCUT2D eigenvalue weighted by molar-refractivity contribution is -0.122. The van der Waals surface area contributed by atoms with Crippen molar-refractivity contribution in [3.63, 3.8) is 0 Å². The Bertz CT molecular complexity index is 372. The molecule has 0 spiro atoms. The fourth-order valence-electron chi connectivity index (χ4n) is 2.03. The summed E-state index contributed by atoms with van der Waals surface area (Å²) in [6.07, 6.45) is 1.48. The molecule has 1 atom stereocenters. The molecular weight excluding hydrogens is 228 g/mol. The molecule has 102 valence electrons. The van der Waals surface area contributed by atoms with E-state index in [1.165, 1.54) is 0 Å². The Balaban J connectivity index is 2.32. The lowest BCUT2D eigenvalue weighted by atomic mass is 9.94. The molecule has 3 N–H and O–H groups in total. The molecule has 1 aromatic rings. The first-order chi connectivity index (χ1) is 8.51. The van der Waals surface area contributed by atoms with Crippen molar-refractivity contribution in [1.82, 2.24) is 5.32 Å². The maximum Gasteiger partial charge on any atom is 0.220 e. The third-order valence-electron chi connectivity index (χ3n) is 2.87. The number of furan rings is 1. The Morgan fingerprint density at radius 3 is 2.67 bits per heavy atom. The summed E-state index contributed by atoms with van der Waals surface area (Å²) in [5, 5.41) is 2.86. The quantitative estimate of drug-likeness (QED) is 0.781. The zero-order valence-electron chi connectivity index (χ0n) is 11.5.